The fraction of sp³-hybridized carbons (Fsp3) is 0.591. The molecule has 1 aromatic rings. The quantitative estimate of drug-likeness (QED) is 0.560. The second-order valence-corrected chi connectivity index (χ2v) is 9.49. The summed E-state index contributed by atoms with van der Waals surface area (Å²) in [5.41, 5.74) is 1.44. The predicted molar refractivity (Wildman–Crippen MR) is 110 cm³/mol. The second-order valence-electron chi connectivity index (χ2n) is 8.39. The highest BCUT2D eigenvalue weighted by atomic mass is 32.1. The number of amides is 1. The van der Waals surface area contributed by atoms with E-state index in [2.05, 4.69) is 12.2 Å². The fourth-order valence-corrected chi connectivity index (χ4v) is 6.65. The molecule has 0 unspecified atom stereocenters. The van der Waals surface area contributed by atoms with Gasteiger partial charge in [0.25, 0.3) is 0 Å². The number of aliphatic carboxylic acids is 1. The van der Waals surface area contributed by atoms with Crippen LogP contribution in [0.5, 0.6) is 0 Å². The molecule has 5 atom stereocenters. The van der Waals surface area contributed by atoms with Gasteiger partial charge in [-0.15, -0.1) is 11.3 Å². The summed E-state index contributed by atoms with van der Waals surface area (Å²) in [4.78, 5) is 38.7. The van der Waals surface area contributed by atoms with Crippen molar-refractivity contribution in [1.29, 1.82) is 0 Å². The van der Waals surface area contributed by atoms with Crippen LogP contribution in [0.4, 0.5) is 5.00 Å². The summed E-state index contributed by atoms with van der Waals surface area (Å²) in [6.45, 7) is 2.17. The number of hydrogen-bond donors (Lipinski definition) is 2. The largest absolute Gasteiger partial charge is 0.481 e. The number of ether oxygens (including phenoxy) is 1. The van der Waals surface area contributed by atoms with Crippen molar-refractivity contribution in [3.8, 4) is 0 Å². The van der Waals surface area contributed by atoms with Gasteiger partial charge in [-0.2, -0.15) is 0 Å². The molecule has 29 heavy (non-hydrogen) atoms. The van der Waals surface area contributed by atoms with E-state index < -0.39 is 23.8 Å². The van der Waals surface area contributed by atoms with Crippen LogP contribution in [0, 0.1) is 29.6 Å². The molecule has 6 nitrogen and oxygen atoms in total. The Morgan fingerprint density at radius 1 is 1.17 bits per heavy atom. The van der Waals surface area contributed by atoms with E-state index in [1.807, 2.05) is 12.2 Å². The molecular formula is C22H27NO5S. The number of carboxylic acid groups (broad SMARTS) is 1. The van der Waals surface area contributed by atoms with Gasteiger partial charge in [-0.05, 0) is 55.4 Å². The van der Waals surface area contributed by atoms with E-state index in [1.165, 1.54) is 18.4 Å². The first-order chi connectivity index (χ1) is 13.9. The number of fused-ring (bicyclic) bond motifs is 3. The zero-order valence-electron chi connectivity index (χ0n) is 16.8. The first kappa shape index (κ1) is 20.1. The molecule has 1 amide bonds. The lowest BCUT2D eigenvalue weighted by Gasteiger charge is -2.41. The average Bonchev–Trinajstić information content (AvgIpc) is 3.09. The molecule has 0 aromatic carbocycles. The van der Waals surface area contributed by atoms with Crippen molar-refractivity contribution in [2.45, 2.75) is 45.4 Å². The standard InChI is InChI=1S/C22H27NO5S/c1-3-11-4-9-14-15(10-11)29-20(18(14)22(27)28-2)23-19(24)16-12-5-7-13(8-6-12)17(16)21(25)26/h5,7,11-13,16-17H,3-4,6,8-10H2,1-2H3,(H,23,24)(H,25,26)/t11-,12+,13+,16-,17-/m1/s1. The van der Waals surface area contributed by atoms with E-state index in [4.69, 9.17) is 4.74 Å². The molecule has 0 spiro atoms. The summed E-state index contributed by atoms with van der Waals surface area (Å²) in [6.07, 6.45) is 9.40. The number of thiophene rings is 1. The van der Waals surface area contributed by atoms with Crippen molar-refractivity contribution in [3.05, 3.63) is 28.2 Å². The molecule has 2 N–H and O–H groups in total. The molecule has 4 aliphatic carbocycles. The van der Waals surface area contributed by atoms with Gasteiger partial charge < -0.3 is 15.2 Å². The predicted octanol–water partition coefficient (Wildman–Crippen LogP) is 3.90. The minimum Gasteiger partial charge on any atom is -0.481 e. The van der Waals surface area contributed by atoms with Crippen LogP contribution < -0.4 is 5.32 Å². The van der Waals surface area contributed by atoms with Crippen LogP contribution in [0.15, 0.2) is 12.2 Å². The van der Waals surface area contributed by atoms with E-state index in [0.717, 1.165) is 49.0 Å². The molecule has 0 saturated heterocycles. The summed E-state index contributed by atoms with van der Waals surface area (Å²) in [5, 5.41) is 13.2. The fourth-order valence-electron chi connectivity index (χ4n) is 5.29. The highest BCUT2D eigenvalue weighted by Crippen LogP contribution is 2.46. The van der Waals surface area contributed by atoms with Crippen LogP contribution in [0.1, 0.15) is 53.4 Å². The first-order valence-corrected chi connectivity index (χ1v) is 11.2. The topological polar surface area (TPSA) is 92.7 Å². The minimum atomic E-state index is -0.923. The summed E-state index contributed by atoms with van der Waals surface area (Å²) in [7, 11) is 1.35. The van der Waals surface area contributed by atoms with Crippen molar-refractivity contribution in [3.63, 3.8) is 0 Å². The Bertz CT molecular complexity index is 873. The molecule has 1 aromatic heterocycles. The number of carbonyl (C=O) groups is 3. The number of carboxylic acids is 1. The maximum atomic E-state index is 13.2. The van der Waals surface area contributed by atoms with Crippen molar-refractivity contribution in [2.75, 3.05) is 12.4 Å². The van der Waals surface area contributed by atoms with E-state index in [-0.39, 0.29) is 17.7 Å². The lowest BCUT2D eigenvalue weighted by Crippen LogP contribution is -2.47. The van der Waals surface area contributed by atoms with Gasteiger partial charge in [0.05, 0.1) is 24.5 Å². The zero-order valence-corrected chi connectivity index (χ0v) is 17.6. The Labute approximate surface area is 174 Å². The van der Waals surface area contributed by atoms with Crippen molar-refractivity contribution in [2.24, 2.45) is 29.6 Å². The Hall–Kier alpha value is -2.15. The summed E-state index contributed by atoms with van der Waals surface area (Å²) in [5.74, 6) is -2.56. The molecule has 0 radical (unpaired) electrons. The third-order valence-electron chi connectivity index (χ3n) is 6.91. The van der Waals surface area contributed by atoms with Gasteiger partial charge in [-0.25, -0.2) is 4.79 Å². The minimum absolute atomic E-state index is 0.0678. The molecular weight excluding hydrogens is 390 g/mol. The first-order valence-electron chi connectivity index (χ1n) is 10.4. The highest BCUT2D eigenvalue weighted by molar-refractivity contribution is 7.17. The third kappa shape index (κ3) is 3.50. The van der Waals surface area contributed by atoms with Gasteiger partial charge in [-0.3, -0.25) is 9.59 Å². The van der Waals surface area contributed by atoms with Crippen LogP contribution in [-0.2, 0) is 27.2 Å². The smallest absolute Gasteiger partial charge is 0.341 e. The number of carbonyl (C=O) groups excluding carboxylic acids is 2. The van der Waals surface area contributed by atoms with Crippen LogP contribution in [-0.4, -0.2) is 30.1 Å². The van der Waals surface area contributed by atoms with Gasteiger partial charge in [0.1, 0.15) is 5.00 Å². The molecule has 2 bridgehead atoms. The summed E-state index contributed by atoms with van der Waals surface area (Å²) < 4.78 is 5.00. The second kappa shape index (κ2) is 7.94. The molecule has 4 aliphatic rings. The average molecular weight is 418 g/mol. The molecule has 1 saturated carbocycles. The molecule has 1 heterocycles. The van der Waals surface area contributed by atoms with Gasteiger partial charge in [0.2, 0.25) is 5.91 Å². The number of methoxy groups -OCH3 is 1. The number of allylic oxidation sites excluding steroid dienone is 2. The molecule has 1 fully saturated rings. The highest BCUT2D eigenvalue weighted by Gasteiger charge is 2.48. The van der Waals surface area contributed by atoms with Crippen molar-refractivity contribution in [1.82, 2.24) is 0 Å². The summed E-state index contributed by atoms with van der Waals surface area (Å²) in [6, 6.07) is 0. The monoisotopic (exact) mass is 417 g/mol. The Morgan fingerprint density at radius 2 is 1.86 bits per heavy atom. The number of esters is 1. The van der Waals surface area contributed by atoms with E-state index in [1.54, 1.807) is 0 Å². The number of nitrogens with one attached hydrogen (secondary N) is 1. The Kier molecular flexibility index (Phi) is 5.51. The number of anilines is 1. The maximum absolute atomic E-state index is 13.2. The molecule has 7 heteroatoms. The van der Waals surface area contributed by atoms with Gasteiger partial charge in [0.15, 0.2) is 0 Å². The van der Waals surface area contributed by atoms with Crippen molar-refractivity contribution >= 4 is 34.2 Å². The lowest BCUT2D eigenvalue weighted by molar-refractivity contribution is -0.151. The maximum Gasteiger partial charge on any atom is 0.341 e. The Morgan fingerprint density at radius 3 is 2.45 bits per heavy atom. The molecule has 156 valence electrons. The number of rotatable bonds is 5. The van der Waals surface area contributed by atoms with Crippen LogP contribution >= 0.6 is 11.3 Å². The Balaban J connectivity index is 1.64. The van der Waals surface area contributed by atoms with Crippen LogP contribution in [0.3, 0.4) is 0 Å². The van der Waals surface area contributed by atoms with Crippen LogP contribution in [0.2, 0.25) is 0 Å². The molecule has 0 aliphatic heterocycles. The van der Waals surface area contributed by atoms with Gasteiger partial charge in [0, 0.05) is 4.88 Å². The lowest BCUT2D eigenvalue weighted by atomic mass is 9.62. The number of hydrogen-bond acceptors (Lipinski definition) is 5. The van der Waals surface area contributed by atoms with E-state index >= 15 is 0 Å². The normalized spacial score (nSPS) is 29.9. The zero-order chi connectivity index (χ0) is 20.7. The van der Waals surface area contributed by atoms with E-state index in [9.17, 15) is 19.5 Å². The van der Waals surface area contributed by atoms with Gasteiger partial charge >= 0.3 is 11.9 Å². The third-order valence-corrected chi connectivity index (χ3v) is 8.08. The SMILES string of the molecule is CC[C@@H]1CCc2c(sc(NC(=O)[C@H]3[C@H](C(=O)O)[C@H]4C=C[C@H]3CC4)c2C(=O)OC)C1. The van der Waals surface area contributed by atoms with E-state index in [0.29, 0.717) is 16.5 Å². The van der Waals surface area contributed by atoms with Gasteiger partial charge in [-0.1, -0.05) is 25.5 Å². The van der Waals surface area contributed by atoms with Crippen LogP contribution in [0.25, 0.3) is 0 Å². The van der Waals surface area contributed by atoms with Crippen molar-refractivity contribution < 1.29 is 24.2 Å². The molecule has 5 rings (SSSR count). The summed E-state index contributed by atoms with van der Waals surface area (Å²) >= 11 is 1.45.